The Balaban J connectivity index is 2.86. The maximum absolute atomic E-state index is 12.3. The first kappa shape index (κ1) is 14.1. The summed E-state index contributed by atoms with van der Waals surface area (Å²) in [4.78, 5) is 15.1. The van der Waals surface area contributed by atoms with Crippen LogP contribution in [-0.2, 0) is 6.18 Å². The summed E-state index contributed by atoms with van der Waals surface area (Å²) in [6.45, 7) is 2.04. The van der Waals surface area contributed by atoms with Crippen LogP contribution in [-0.4, -0.2) is 17.3 Å². The van der Waals surface area contributed by atoms with Crippen LogP contribution in [0, 0.1) is 5.92 Å². The lowest BCUT2D eigenvalue weighted by Crippen LogP contribution is -2.23. The van der Waals surface area contributed by atoms with E-state index < -0.39 is 17.1 Å². The Morgan fingerprint density at radius 1 is 1.59 bits per heavy atom. The molecule has 0 spiro atoms. The molecule has 96 valence electrons. The molecule has 0 amide bonds. The van der Waals surface area contributed by atoms with E-state index in [1.54, 1.807) is 0 Å². The maximum Gasteiger partial charge on any atom is 0.443 e. The molecule has 2 N–H and O–H groups in total. The van der Waals surface area contributed by atoms with Crippen LogP contribution in [0.5, 0.6) is 0 Å². The molecule has 17 heavy (non-hydrogen) atoms. The zero-order valence-electron chi connectivity index (χ0n) is 9.25. The molecule has 3 nitrogen and oxygen atoms in total. The van der Waals surface area contributed by atoms with E-state index in [2.05, 4.69) is 4.98 Å². The number of halogens is 3. The third kappa shape index (κ3) is 3.50. The smallest absolute Gasteiger partial charge is 0.330 e. The van der Waals surface area contributed by atoms with Crippen LogP contribution in [0.4, 0.5) is 13.2 Å². The van der Waals surface area contributed by atoms with Crippen LogP contribution in [0.2, 0.25) is 0 Å². The zero-order chi connectivity index (χ0) is 13.1. The monoisotopic (exact) mass is 266 g/mol. The van der Waals surface area contributed by atoms with Crippen molar-refractivity contribution in [2.24, 2.45) is 11.7 Å². The molecule has 0 aliphatic rings. The normalized spacial score (nSPS) is 13.7. The number of Topliss-reactive ketones (excluding diaryl/α,β-unsaturated/α-hetero) is 1. The Kier molecular flexibility index (Phi) is 4.64. The van der Waals surface area contributed by atoms with E-state index in [9.17, 15) is 18.0 Å². The Morgan fingerprint density at radius 2 is 2.24 bits per heavy atom. The van der Waals surface area contributed by atoms with Crippen molar-refractivity contribution >= 4 is 17.1 Å². The van der Waals surface area contributed by atoms with Crippen molar-refractivity contribution in [3.63, 3.8) is 0 Å². The molecule has 0 bridgehead atoms. The maximum atomic E-state index is 12.3. The molecule has 0 aliphatic carbocycles. The minimum Gasteiger partial charge on any atom is -0.330 e. The van der Waals surface area contributed by atoms with Crippen molar-refractivity contribution < 1.29 is 18.0 Å². The van der Waals surface area contributed by atoms with Crippen molar-refractivity contribution in [1.82, 2.24) is 4.98 Å². The predicted octanol–water partition coefficient (Wildman–Crippen LogP) is 2.72. The topological polar surface area (TPSA) is 56.0 Å². The number of hydrogen-bond donors (Lipinski definition) is 1. The van der Waals surface area contributed by atoms with E-state index in [0.717, 1.165) is 12.6 Å². The van der Waals surface area contributed by atoms with Gasteiger partial charge in [-0.15, -0.1) is 11.3 Å². The van der Waals surface area contributed by atoms with Gasteiger partial charge in [0.15, 0.2) is 10.8 Å². The van der Waals surface area contributed by atoms with Crippen LogP contribution in [0.15, 0.2) is 6.20 Å². The first-order valence-corrected chi connectivity index (χ1v) is 5.99. The second-order valence-electron chi connectivity index (χ2n) is 3.61. The minimum atomic E-state index is -4.49. The summed E-state index contributed by atoms with van der Waals surface area (Å²) in [6, 6.07) is 0. The summed E-state index contributed by atoms with van der Waals surface area (Å²) in [5, 5.41) is -0.992. The minimum absolute atomic E-state index is 0.0289. The van der Waals surface area contributed by atoms with Crippen molar-refractivity contribution in [2.75, 3.05) is 6.54 Å². The number of ketones is 1. The molecule has 0 aliphatic heterocycles. The number of aromatic nitrogens is 1. The first-order valence-electron chi connectivity index (χ1n) is 5.17. The highest BCUT2D eigenvalue weighted by Gasteiger charge is 2.35. The summed E-state index contributed by atoms with van der Waals surface area (Å²) in [6.07, 6.45) is -2.17. The van der Waals surface area contributed by atoms with Crippen LogP contribution < -0.4 is 5.73 Å². The van der Waals surface area contributed by atoms with Gasteiger partial charge in [0, 0.05) is 18.7 Å². The van der Waals surface area contributed by atoms with Gasteiger partial charge < -0.3 is 5.73 Å². The van der Waals surface area contributed by atoms with Gasteiger partial charge in [-0.25, -0.2) is 4.98 Å². The fourth-order valence-corrected chi connectivity index (χ4v) is 2.23. The standard InChI is InChI=1S/C10H13F3N2OS/c1-2-3-6(4-14)8(16)7-5-15-9(17-7)10(11,12)13/h5-6H,2-4,14H2,1H3. The summed E-state index contributed by atoms with van der Waals surface area (Å²) in [7, 11) is 0. The van der Waals surface area contributed by atoms with Gasteiger partial charge >= 0.3 is 6.18 Å². The third-order valence-corrected chi connectivity index (χ3v) is 3.34. The molecular weight excluding hydrogens is 253 g/mol. The third-order valence-electron chi connectivity index (χ3n) is 2.28. The summed E-state index contributed by atoms with van der Waals surface area (Å²) < 4.78 is 36.9. The van der Waals surface area contributed by atoms with Crippen molar-refractivity contribution in [2.45, 2.75) is 25.9 Å². The van der Waals surface area contributed by atoms with Crippen molar-refractivity contribution in [3.05, 3.63) is 16.1 Å². The van der Waals surface area contributed by atoms with Crippen LogP contribution in [0.25, 0.3) is 0 Å². The quantitative estimate of drug-likeness (QED) is 0.834. The molecule has 1 unspecified atom stereocenters. The second kappa shape index (κ2) is 5.59. The molecule has 0 saturated carbocycles. The number of carbonyl (C=O) groups excluding carboxylic acids is 1. The van der Waals surface area contributed by atoms with Crippen molar-refractivity contribution in [1.29, 1.82) is 0 Å². The van der Waals surface area contributed by atoms with Gasteiger partial charge in [-0.05, 0) is 6.42 Å². The van der Waals surface area contributed by atoms with E-state index in [4.69, 9.17) is 5.73 Å². The Labute approximate surface area is 101 Å². The number of rotatable bonds is 5. The lowest BCUT2D eigenvalue weighted by Gasteiger charge is -2.10. The highest BCUT2D eigenvalue weighted by atomic mass is 32.1. The number of nitrogens with two attached hydrogens (primary N) is 1. The highest BCUT2D eigenvalue weighted by Crippen LogP contribution is 2.33. The first-order chi connectivity index (χ1) is 7.90. The molecule has 1 rings (SSSR count). The van der Waals surface area contributed by atoms with Gasteiger partial charge in [0.25, 0.3) is 0 Å². The molecule has 0 fully saturated rings. The molecule has 1 heterocycles. The van der Waals surface area contributed by atoms with Crippen LogP contribution in [0.3, 0.4) is 0 Å². The SMILES string of the molecule is CCCC(CN)C(=O)c1cnc(C(F)(F)F)s1. The van der Waals surface area contributed by atoms with Gasteiger partial charge in [0.05, 0.1) is 4.88 Å². The fraction of sp³-hybridized carbons (Fsp3) is 0.600. The van der Waals surface area contributed by atoms with Gasteiger partial charge in [0.1, 0.15) is 0 Å². The summed E-state index contributed by atoms with van der Waals surface area (Å²) in [5.41, 5.74) is 5.43. The average molecular weight is 266 g/mol. The average Bonchev–Trinajstić information content (AvgIpc) is 2.73. The summed E-state index contributed by atoms with van der Waals surface area (Å²) in [5.74, 6) is -0.760. The van der Waals surface area contributed by atoms with Crippen LogP contribution >= 0.6 is 11.3 Å². The number of nitrogens with zero attached hydrogens (tertiary/aromatic N) is 1. The van der Waals surface area contributed by atoms with E-state index >= 15 is 0 Å². The zero-order valence-corrected chi connectivity index (χ0v) is 10.1. The fourth-order valence-electron chi connectivity index (χ4n) is 1.42. The lowest BCUT2D eigenvalue weighted by molar-refractivity contribution is -0.137. The largest absolute Gasteiger partial charge is 0.443 e. The van der Waals surface area contributed by atoms with E-state index in [1.807, 2.05) is 6.92 Å². The number of carbonyl (C=O) groups is 1. The Morgan fingerprint density at radius 3 is 2.65 bits per heavy atom. The molecule has 1 atom stereocenters. The van der Waals surface area contributed by atoms with Crippen molar-refractivity contribution in [3.8, 4) is 0 Å². The summed E-state index contributed by atoms with van der Waals surface area (Å²) >= 11 is 0.376. The number of hydrogen-bond acceptors (Lipinski definition) is 4. The Bertz CT molecular complexity index is 389. The predicted molar refractivity (Wildman–Crippen MR) is 58.9 cm³/mol. The Hall–Kier alpha value is -0.950. The molecule has 7 heteroatoms. The second-order valence-corrected chi connectivity index (χ2v) is 4.64. The number of alkyl halides is 3. The van der Waals surface area contributed by atoms with Gasteiger partial charge in [-0.2, -0.15) is 13.2 Å². The lowest BCUT2D eigenvalue weighted by atomic mass is 9.98. The number of thiazole rings is 1. The molecule has 0 saturated heterocycles. The van der Waals surface area contributed by atoms with Crippen LogP contribution in [0.1, 0.15) is 34.4 Å². The van der Waals surface area contributed by atoms with E-state index in [-0.39, 0.29) is 17.2 Å². The molecule has 0 radical (unpaired) electrons. The molecular formula is C10H13F3N2OS. The van der Waals surface area contributed by atoms with E-state index in [1.165, 1.54) is 0 Å². The van der Waals surface area contributed by atoms with Gasteiger partial charge in [-0.1, -0.05) is 13.3 Å². The molecule has 0 aromatic carbocycles. The van der Waals surface area contributed by atoms with Gasteiger partial charge in [0.2, 0.25) is 0 Å². The van der Waals surface area contributed by atoms with Gasteiger partial charge in [-0.3, -0.25) is 4.79 Å². The molecule has 1 aromatic heterocycles. The molecule has 1 aromatic rings. The highest BCUT2D eigenvalue weighted by molar-refractivity contribution is 7.13. The van der Waals surface area contributed by atoms with E-state index in [0.29, 0.717) is 17.8 Å².